The SMILES string of the molecule is COc1c(C)nc(C(C)OC)[nH]c1=O. The van der Waals surface area contributed by atoms with Gasteiger partial charge in [0.2, 0.25) is 5.75 Å². The van der Waals surface area contributed by atoms with Gasteiger partial charge in [-0.25, -0.2) is 4.98 Å². The Hall–Kier alpha value is -1.36. The second-order valence-electron chi connectivity index (χ2n) is 2.95. The Morgan fingerprint density at radius 1 is 1.43 bits per heavy atom. The molecule has 78 valence electrons. The molecule has 1 atom stereocenters. The van der Waals surface area contributed by atoms with E-state index in [9.17, 15) is 4.79 Å². The number of H-pyrrole nitrogens is 1. The molecular formula is C9H14N2O3. The van der Waals surface area contributed by atoms with Crippen molar-refractivity contribution in [3.63, 3.8) is 0 Å². The normalized spacial score (nSPS) is 12.6. The standard InChI is InChI=1S/C9H14N2O3/c1-5-7(14-4)9(12)11-8(10-5)6(2)13-3/h6H,1-4H3,(H,10,11,12). The first kappa shape index (κ1) is 10.7. The van der Waals surface area contributed by atoms with Crippen LogP contribution in [0.3, 0.4) is 0 Å². The molecule has 0 aliphatic carbocycles. The summed E-state index contributed by atoms with van der Waals surface area (Å²) < 4.78 is 9.94. The van der Waals surface area contributed by atoms with Crippen molar-refractivity contribution in [1.82, 2.24) is 9.97 Å². The van der Waals surface area contributed by atoms with Crippen molar-refractivity contribution in [2.75, 3.05) is 14.2 Å². The molecule has 0 aliphatic heterocycles. The number of aryl methyl sites for hydroxylation is 1. The van der Waals surface area contributed by atoms with Crippen LogP contribution in [-0.2, 0) is 4.74 Å². The summed E-state index contributed by atoms with van der Waals surface area (Å²) in [6, 6.07) is 0. The van der Waals surface area contributed by atoms with Gasteiger partial charge in [0.15, 0.2) is 0 Å². The Labute approximate surface area is 82.1 Å². The first-order valence-electron chi connectivity index (χ1n) is 4.27. The minimum Gasteiger partial charge on any atom is -0.490 e. The Morgan fingerprint density at radius 2 is 2.07 bits per heavy atom. The minimum atomic E-state index is -0.279. The van der Waals surface area contributed by atoms with Crippen LogP contribution in [0.5, 0.6) is 5.75 Å². The average Bonchev–Trinajstić information content (AvgIpc) is 2.16. The fourth-order valence-corrected chi connectivity index (χ4v) is 1.14. The number of aromatic amines is 1. The zero-order valence-corrected chi connectivity index (χ0v) is 8.75. The van der Waals surface area contributed by atoms with Crippen molar-refractivity contribution < 1.29 is 9.47 Å². The summed E-state index contributed by atoms with van der Waals surface area (Å²) in [5.74, 6) is 0.757. The van der Waals surface area contributed by atoms with Crippen molar-refractivity contribution in [3.05, 3.63) is 21.9 Å². The van der Waals surface area contributed by atoms with Gasteiger partial charge in [0.1, 0.15) is 11.9 Å². The van der Waals surface area contributed by atoms with Gasteiger partial charge in [-0.3, -0.25) is 4.79 Å². The lowest BCUT2D eigenvalue weighted by molar-refractivity contribution is 0.111. The van der Waals surface area contributed by atoms with Crippen LogP contribution in [0.4, 0.5) is 0 Å². The quantitative estimate of drug-likeness (QED) is 0.780. The van der Waals surface area contributed by atoms with E-state index in [2.05, 4.69) is 9.97 Å². The van der Waals surface area contributed by atoms with Crippen molar-refractivity contribution in [2.45, 2.75) is 20.0 Å². The second kappa shape index (κ2) is 4.23. The number of rotatable bonds is 3. The van der Waals surface area contributed by atoms with Crippen LogP contribution in [0.25, 0.3) is 0 Å². The molecule has 1 N–H and O–H groups in total. The molecule has 0 spiro atoms. The summed E-state index contributed by atoms with van der Waals surface area (Å²) in [4.78, 5) is 18.2. The molecule has 0 aromatic carbocycles. The van der Waals surface area contributed by atoms with E-state index in [0.29, 0.717) is 11.5 Å². The smallest absolute Gasteiger partial charge is 0.293 e. The highest BCUT2D eigenvalue weighted by Crippen LogP contribution is 2.13. The molecule has 0 saturated heterocycles. The third kappa shape index (κ3) is 1.93. The Bertz CT molecular complexity index is 373. The molecule has 5 nitrogen and oxygen atoms in total. The lowest BCUT2D eigenvalue weighted by Gasteiger charge is -2.10. The number of nitrogens with zero attached hydrogens (tertiary/aromatic N) is 1. The first-order valence-corrected chi connectivity index (χ1v) is 4.27. The zero-order chi connectivity index (χ0) is 10.7. The van der Waals surface area contributed by atoms with Gasteiger partial charge in [-0.15, -0.1) is 0 Å². The van der Waals surface area contributed by atoms with Crippen LogP contribution < -0.4 is 10.3 Å². The van der Waals surface area contributed by atoms with Crippen molar-refractivity contribution in [1.29, 1.82) is 0 Å². The maximum Gasteiger partial charge on any atom is 0.293 e. The van der Waals surface area contributed by atoms with Gasteiger partial charge in [0, 0.05) is 7.11 Å². The van der Waals surface area contributed by atoms with Crippen LogP contribution in [0.2, 0.25) is 0 Å². The molecule has 0 bridgehead atoms. The highest BCUT2D eigenvalue weighted by atomic mass is 16.5. The lowest BCUT2D eigenvalue weighted by Crippen LogP contribution is -2.17. The summed E-state index contributed by atoms with van der Waals surface area (Å²) in [5.41, 5.74) is 0.286. The molecule has 1 rings (SSSR count). The van der Waals surface area contributed by atoms with Crippen LogP contribution >= 0.6 is 0 Å². The fraction of sp³-hybridized carbons (Fsp3) is 0.556. The minimum absolute atomic E-state index is 0.229. The first-order chi connectivity index (χ1) is 6.60. The third-order valence-corrected chi connectivity index (χ3v) is 2.01. The number of ether oxygens (including phenoxy) is 2. The van der Waals surface area contributed by atoms with Gasteiger partial charge in [0.05, 0.1) is 12.8 Å². The van der Waals surface area contributed by atoms with E-state index in [1.807, 2.05) is 6.92 Å². The molecule has 0 fully saturated rings. The lowest BCUT2D eigenvalue weighted by atomic mass is 10.3. The summed E-state index contributed by atoms with van der Waals surface area (Å²) >= 11 is 0. The number of hydrogen-bond acceptors (Lipinski definition) is 4. The number of methoxy groups -OCH3 is 2. The number of hydrogen-bond donors (Lipinski definition) is 1. The van der Waals surface area contributed by atoms with E-state index in [0.717, 1.165) is 0 Å². The van der Waals surface area contributed by atoms with Gasteiger partial charge < -0.3 is 14.5 Å². The molecule has 14 heavy (non-hydrogen) atoms. The van der Waals surface area contributed by atoms with E-state index in [1.165, 1.54) is 7.11 Å². The topological polar surface area (TPSA) is 64.2 Å². The molecule has 1 unspecified atom stereocenters. The Balaban J connectivity index is 3.21. The van der Waals surface area contributed by atoms with Crippen LogP contribution in [-0.4, -0.2) is 24.2 Å². The third-order valence-electron chi connectivity index (χ3n) is 2.01. The molecule has 1 heterocycles. The molecule has 5 heteroatoms. The van der Waals surface area contributed by atoms with E-state index >= 15 is 0 Å². The molecule has 0 aliphatic rings. The Kier molecular flexibility index (Phi) is 3.24. The van der Waals surface area contributed by atoms with Gasteiger partial charge in [-0.2, -0.15) is 0 Å². The highest BCUT2D eigenvalue weighted by molar-refractivity contribution is 5.23. The van der Waals surface area contributed by atoms with Crippen molar-refractivity contribution in [3.8, 4) is 5.75 Å². The van der Waals surface area contributed by atoms with E-state index < -0.39 is 0 Å². The van der Waals surface area contributed by atoms with Crippen LogP contribution in [0.15, 0.2) is 4.79 Å². The highest BCUT2D eigenvalue weighted by Gasteiger charge is 2.12. The van der Waals surface area contributed by atoms with Gasteiger partial charge in [-0.1, -0.05) is 0 Å². The second-order valence-corrected chi connectivity index (χ2v) is 2.95. The predicted molar refractivity (Wildman–Crippen MR) is 51.6 cm³/mol. The molecule has 0 amide bonds. The Morgan fingerprint density at radius 3 is 2.50 bits per heavy atom. The van der Waals surface area contributed by atoms with E-state index in [-0.39, 0.29) is 17.4 Å². The van der Waals surface area contributed by atoms with Crippen molar-refractivity contribution in [2.24, 2.45) is 0 Å². The molecule has 0 radical (unpaired) electrons. The molecule has 1 aromatic rings. The molecular weight excluding hydrogens is 184 g/mol. The average molecular weight is 198 g/mol. The predicted octanol–water partition coefficient (Wildman–Crippen LogP) is 0.794. The van der Waals surface area contributed by atoms with Gasteiger partial charge >= 0.3 is 0 Å². The zero-order valence-electron chi connectivity index (χ0n) is 8.75. The molecule has 1 aromatic heterocycles. The monoisotopic (exact) mass is 198 g/mol. The number of nitrogens with one attached hydrogen (secondary N) is 1. The largest absolute Gasteiger partial charge is 0.490 e. The fourth-order valence-electron chi connectivity index (χ4n) is 1.14. The summed E-state index contributed by atoms with van der Waals surface area (Å²) in [6.07, 6.45) is -0.229. The summed E-state index contributed by atoms with van der Waals surface area (Å²) in [7, 11) is 3.00. The van der Waals surface area contributed by atoms with Crippen molar-refractivity contribution >= 4 is 0 Å². The van der Waals surface area contributed by atoms with Crippen LogP contribution in [0, 0.1) is 6.92 Å². The maximum atomic E-state index is 11.4. The van der Waals surface area contributed by atoms with Gasteiger partial charge in [-0.05, 0) is 13.8 Å². The van der Waals surface area contributed by atoms with Crippen LogP contribution in [0.1, 0.15) is 24.5 Å². The number of aromatic nitrogens is 2. The van der Waals surface area contributed by atoms with E-state index in [1.54, 1.807) is 14.0 Å². The van der Waals surface area contributed by atoms with Gasteiger partial charge in [0.25, 0.3) is 5.56 Å². The molecule has 0 saturated carbocycles. The van der Waals surface area contributed by atoms with E-state index in [4.69, 9.17) is 9.47 Å². The maximum absolute atomic E-state index is 11.4. The summed E-state index contributed by atoms with van der Waals surface area (Å²) in [6.45, 7) is 3.53. The summed E-state index contributed by atoms with van der Waals surface area (Å²) in [5, 5.41) is 0.